The van der Waals surface area contributed by atoms with Gasteiger partial charge in [0, 0.05) is 11.1 Å². The van der Waals surface area contributed by atoms with E-state index in [0.717, 1.165) is 0 Å². The van der Waals surface area contributed by atoms with Crippen molar-refractivity contribution >= 4 is 0 Å². The Kier molecular flexibility index (Phi) is 16.9. The molecule has 0 aromatic heterocycles. The van der Waals surface area contributed by atoms with Crippen LogP contribution in [0.25, 0.3) is 0 Å². The van der Waals surface area contributed by atoms with Crippen LogP contribution in [-0.2, 0) is 13.1 Å². The zero-order valence-corrected chi connectivity index (χ0v) is 24.3. The first-order valence-corrected chi connectivity index (χ1v) is 15.3. The lowest BCUT2D eigenvalue weighted by Crippen LogP contribution is -2.49. The standard InChI is InChI=1S/C32H62N2/c1-7-13-23-33(24-14-8-2,25-15-9-3)29-31-19-21-32(22-20-31)30-34(26-16-10-4,27-17-11-5)28-18-12-6/h19-22H,7-18,23-30H2,1-6H3/q+2. The van der Waals surface area contributed by atoms with Gasteiger partial charge in [0.25, 0.3) is 0 Å². The van der Waals surface area contributed by atoms with Crippen molar-refractivity contribution in [3.63, 3.8) is 0 Å². The van der Waals surface area contributed by atoms with E-state index in [1.54, 1.807) is 11.1 Å². The predicted octanol–water partition coefficient (Wildman–Crippen LogP) is 9.12. The second kappa shape index (κ2) is 18.4. The molecule has 1 rings (SSSR count). The highest BCUT2D eigenvalue weighted by Crippen LogP contribution is 2.23. The molecule has 2 nitrogen and oxygen atoms in total. The van der Waals surface area contributed by atoms with E-state index in [-0.39, 0.29) is 0 Å². The summed E-state index contributed by atoms with van der Waals surface area (Å²) in [7, 11) is 0. The van der Waals surface area contributed by atoms with Crippen molar-refractivity contribution in [3.05, 3.63) is 35.4 Å². The van der Waals surface area contributed by atoms with Gasteiger partial charge in [-0.25, -0.2) is 0 Å². The Morgan fingerprint density at radius 2 is 0.588 bits per heavy atom. The first-order chi connectivity index (χ1) is 16.5. The highest BCUT2D eigenvalue weighted by atomic mass is 15.4. The number of unbranched alkanes of at least 4 members (excludes halogenated alkanes) is 6. The van der Waals surface area contributed by atoms with Crippen molar-refractivity contribution in [2.75, 3.05) is 39.3 Å². The molecule has 0 amide bonds. The summed E-state index contributed by atoms with van der Waals surface area (Å²) in [5.41, 5.74) is 3.11. The first kappa shape index (κ1) is 31.2. The van der Waals surface area contributed by atoms with Crippen LogP contribution in [0.4, 0.5) is 0 Å². The van der Waals surface area contributed by atoms with Gasteiger partial charge in [0.2, 0.25) is 0 Å². The van der Waals surface area contributed by atoms with Gasteiger partial charge in [0.1, 0.15) is 13.1 Å². The first-order valence-electron chi connectivity index (χ1n) is 15.3. The van der Waals surface area contributed by atoms with Crippen LogP contribution in [0.5, 0.6) is 0 Å². The minimum absolute atomic E-state index is 1.22. The van der Waals surface area contributed by atoms with E-state index in [9.17, 15) is 0 Å². The Morgan fingerprint density at radius 3 is 0.765 bits per heavy atom. The van der Waals surface area contributed by atoms with Crippen LogP contribution in [0.3, 0.4) is 0 Å². The van der Waals surface area contributed by atoms with Crippen LogP contribution in [0, 0.1) is 0 Å². The highest BCUT2D eigenvalue weighted by Gasteiger charge is 2.28. The zero-order chi connectivity index (χ0) is 25.1. The molecule has 0 heterocycles. The highest BCUT2D eigenvalue weighted by molar-refractivity contribution is 5.21. The molecule has 0 bridgehead atoms. The topological polar surface area (TPSA) is 0 Å². The molecule has 0 fully saturated rings. The van der Waals surface area contributed by atoms with E-state index >= 15 is 0 Å². The zero-order valence-electron chi connectivity index (χ0n) is 24.3. The Hall–Kier alpha value is -0.860. The van der Waals surface area contributed by atoms with Crippen molar-refractivity contribution in [2.45, 2.75) is 132 Å². The van der Waals surface area contributed by atoms with Gasteiger partial charge in [-0.1, -0.05) is 104 Å². The fourth-order valence-corrected chi connectivity index (χ4v) is 5.63. The molecule has 1 aromatic rings. The Bertz CT molecular complexity index is 495. The van der Waals surface area contributed by atoms with Gasteiger partial charge in [0.05, 0.1) is 39.3 Å². The summed E-state index contributed by atoms with van der Waals surface area (Å²) in [6, 6.07) is 9.95. The molecule has 0 aliphatic heterocycles. The molecule has 198 valence electrons. The SMILES string of the molecule is CCCC[N+](CCCC)(CCCC)Cc1ccc(C[N+](CCCC)(CCCC)CCCC)cc1. The van der Waals surface area contributed by atoms with Crippen LogP contribution < -0.4 is 0 Å². The third-order valence-corrected chi connectivity index (χ3v) is 7.97. The summed E-state index contributed by atoms with van der Waals surface area (Å²) in [6.45, 7) is 24.7. The van der Waals surface area contributed by atoms with Crippen LogP contribution in [0.2, 0.25) is 0 Å². The molecule has 0 saturated carbocycles. The molecule has 0 unspecified atom stereocenters. The van der Waals surface area contributed by atoms with Crippen LogP contribution in [0.15, 0.2) is 24.3 Å². The minimum Gasteiger partial charge on any atom is -0.320 e. The van der Waals surface area contributed by atoms with Crippen molar-refractivity contribution in [3.8, 4) is 0 Å². The van der Waals surface area contributed by atoms with Gasteiger partial charge in [-0.05, 0) is 38.5 Å². The lowest BCUT2D eigenvalue weighted by Gasteiger charge is -2.40. The molecule has 0 saturated heterocycles. The molecular weight excluding hydrogens is 412 g/mol. The van der Waals surface area contributed by atoms with Gasteiger partial charge in [-0.15, -0.1) is 0 Å². The van der Waals surface area contributed by atoms with Crippen LogP contribution in [-0.4, -0.2) is 48.2 Å². The molecule has 0 atom stereocenters. The fraction of sp³-hybridized carbons (Fsp3) is 0.812. The Balaban J connectivity index is 3.05. The van der Waals surface area contributed by atoms with E-state index in [1.807, 2.05) is 0 Å². The van der Waals surface area contributed by atoms with Crippen molar-refractivity contribution < 1.29 is 8.97 Å². The quantitative estimate of drug-likeness (QED) is 0.147. The fourth-order valence-electron chi connectivity index (χ4n) is 5.63. The smallest absolute Gasteiger partial charge is 0.104 e. The summed E-state index contributed by atoms with van der Waals surface area (Å²) in [6.07, 6.45) is 16.0. The number of quaternary nitrogens is 2. The number of hydrogen-bond donors (Lipinski definition) is 0. The molecule has 0 aliphatic rings. The van der Waals surface area contributed by atoms with Gasteiger partial charge < -0.3 is 8.97 Å². The summed E-state index contributed by atoms with van der Waals surface area (Å²) >= 11 is 0. The maximum Gasteiger partial charge on any atom is 0.104 e. The van der Waals surface area contributed by atoms with Crippen molar-refractivity contribution in [1.82, 2.24) is 0 Å². The number of rotatable bonds is 22. The third kappa shape index (κ3) is 11.7. The van der Waals surface area contributed by atoms with E-state index in [0.29, 0.717) is 0 Å². The Morgan fingerprint density at radius 1 is 0.382 bits per heavy atom. The molecule has 0 spiro atoms. The average molecular weight is 475 g/mol. The second-order valence-corrected chi connectivity index (χ2v) is 11.3. The third-order valence-electron chi connectivity index (χ3n) is 7.97. The average Bonchev–Trinajstić information content (AvgIpc) is 2.86. The summed E-state index contributed by atoms with van der Waals surface area (Å²) in [5.74, 6) is 0. The van der Waals surface area contributed by atoms with Crippen LogP contribution >= 0.6 is 0 Å². The van der Waals surface area contributed by atoms with Gasteiger partial charge >= 0.3 is 0 Å². The molecule has 0 N–H and O–H groups in total. The lowest BCUT2D eigenvalue weighted by molar-refractivity contribution is -0.941. The van der Waals surface area contributed by atoms with E-state index in [2.05, 4.69) is 65.8 Å². The molecule has 0 radical (unpaired) electrons. The molecule has 34 heavy (non-hydrogen) atoms. The van der Waals surface area contributed by atoms with Crippen LogP contribution in [0.1, 0.15) is 130 Å². The number of nitrogens with zero attached hydrogens (tertiary/aromatic N) is 2. The largest absolute Gasteiger partial charge is 0.320 e. The van der Waals surface area contributed by atoms with E-state index < -0.39 is 0 Å². The molecule has 0 aliphatic carbocycles. The number of benzene rings is 1. The summed E-state index contributed by atoms with van der Waals surface area (Å²) in [4.78, 5) is 0. The predicted molar refractivity (Wildman–Crippen MR) is 153 cm³/mol. The maximum atomic E-state index is 2.49. The normalized spacial score (nSPS) is 12.4. The molecule has 2 heteroatoms. The van der Waals surface area contributed by atoms with Gasteiger partial charge in [-0.3, -0.25) is 0 Å². The summed E-state index contributed by atoms with van der Waals surface area (Å²) < 4.78 is 2.61. The minimum atomic E-state index is 1.22. The number of hydrogen-bond acceptors (Lipinski definition) is 0. The van der Waals surface area contributed by atoms with E-state index in [4.69, 9.17) is 0 Å². The van der Waals surface area contributed by atoms with Gasteiger partial charge in [0.15, 0.2) is 0 Å². The summed E-state index contributed by atoms with van der Waals surface area (Å²) in [5, 5.41) is 0. The van der Waals surface area contributed by atoms with Crippen molar-refractivity contribution in [1.29, 1.82) is 0 Å². The second-order valence-electron chi connectivity index (χ2n) is 11.3. The lowest BCUT2D eigenvalue weighted by atomic mass is 10.1. The monoisotopic (exact) mass is 474 g/mol. The molecular formula is C32H62N2+2. The van der Waals surface area contributed by atoms with Gasteiger partial charge in [-0.2, -0.15) is 0 Å². The van der Waals surface area contributed by atoms with E-state index in [1.165, 1.54) is 138 Å². The molecule has 1 aromatic carbocycles. The van der Waals surface area contributed by atoms with Crippen molar-refractivity contribution in [2.24, 2.45) is 0 Å². The maximum absolute atomic E-state index is 2.49. The Labute approximate surface area is 215 Å².